The molecule has 0 aliphatic carbocycles. The number of hydrogen-bond donors (Lipinski definition) is 1. The molecule has 0 aliphatic heterocycles. The lowest BCUT2D eigenvalue weighted by molar-refractivity contribution is 0.247. The van der Waals surface area contributed by atoms with Crippen LogP contribution in [0.1, 0.15) is 24.4 Å². The predicted octanol–water partition coefficient (Wildman–Crippen LogP) is 3.18. The van der Waals surface area contributed by atoms with Crippen molar-refractivity contribution in [3.8, 4) is 0 Å². The van der Waals surface area contributed by atoms with Crippen molar-refractivity contribution in [3.63, 3.8) is 0 Å². The highest BCUT2D eigenvalue weighted by atomic mass is 32.1. The first kappa shape index (κ1) is 14.0. The van der Waals surface area contributed by atoms with Gasteiger partial charge < -0.3 is 4.98 Å². The first-order valence-electron chi connectivity index (χ1n) is 6.87. The largest absolute Gasteiger partial charge is 0.308 e. The third-order valence-electron chi connectivity index (χ3n) is 3.71. The monoisotopic (exact) mass is 299 g/mol. The van der Waals surface area contributed by atoms with Gasteiger partial charge in [0.15, 0.2) is 0 Å². The van der Waals surface area contributed by atoms with Crippen LogP contribution in [-0.2, 0) is 6.54 Å². The van der Waals surface area contributed by atoms with E-state index in [2.05, 4.69) is 33.9 Å². The molecule has 0 spiro atoms. The fourth-order valence-electron chi connectivity index (χ4n) is 2.36. The Balaban J connectivity index is 1.83. The minimum atomic E-state index is -0.0502. The summed E-state index contributed by atoms with van der Waals surface area (Å²) in [5.74, 6) is 0.705. The lowest BCUT2D eigenvalue weighted by atomic mass is 10.1. The van der Waals surface area contributed by atoms with Crippen LogP contribution >= 0.6 is 11.3 Å². The van der Waals surface area contributed by atoms with Gasteiger partial charge in [-0.1, -0.05) is 30.3 Å². The first-order valence-corrected chi connectivity index (χ1v) is 7.74. The molecule has 3 rings (SSSR count). The number of hydrogen-bond acceptors (Lipinski definition) is 4. The van der Waals surface area contributed by atoms with Crippen molar-refractivity contribution in [2.45, 2.75) is 19.5 Å². The van der Waals surface area contributed by atoms with Crippen molar-refractivity contribution in [3.05, 3.63) is 63.5 Å². The molecule has 4 nitrogen and oxygen atoms in total. The highest BCUT2D eigenvalue weighted by molar-refractivity contribution is 7.17. The third kappa shape index (κ3) is 2.89. The van der Waals surface area contributed by atoms with Crippen LogP contribution < -0.4 is 5.56 Å². The van der Waals surface area contributed by atoms with E-state index in [1.165, 1.54) is 16.9 Å². The van der Waals surface area contributed by atoms with E-state index in [0.29, 0.717) is 17.1 Å². The van der Waals surface area contributed by atoms with Crippen LogP contribution in [0.2, 0.25) is 0 Å². The third-order valence-corrected chi connectivity index (χ3v) is 4.61. The quantitative estimate of drug-likeness (QED) is 0.805. The number of nitrogens with one attached hydrogen (secondary N) is 1. The average Bonchev–Trinajstić information content (AvgIpc) is 2.96. The van der Waals surface area contributed by atoms with Gasteiger partial charge in [-0.15, -0.1) is 11.3 Å². The van der Waals surface area contributed by atoms with Crippen LogP contribution in [0.4, 0.5) is 0 Å². The molecule has 0 radical (unpaired) electrons. The molecule has 1 atom stereocenters. The maximum absolute atomic E-state index is 12.0. The van der Waals surface area contributed by atoms with Crippen molar-refractivity contribution in [1.82, 2.24) is 14.9 Å². The molecule has 0 aliphatic rings. The van der Waals surface area contributed by atoms with Crippen LogP contribution in [0.3, 0.4) is 0 Å². The van der Waals surface area contributed by atoms with Crippen molar-refractivity contribution < 1.29 is 0 Å². The summed E-state index contributed by atoms with van der Waals surface area (Å²) < 4.78 is 0.692. The van der Waals surface area contributed by atoms with Crippen LogP contribution in [0.5, 0.6) is 0 Å². The Bertz CT molecular complexity index is 794. The van der Waals surface area contributed by atoms with Crippen molar-refractivity contribution >= 4 is 21.6 Å². The Labute approximate surface area is 127 Å². The molecule has 21 heavy (non-hydrogen) atoms. The Kier molecular flexibility index (Phi) is 3.86. The number of aromatic amines is 1. The standard InChI is InChI=1S/C16H17N3OS/c1-11(12-6-4-3-5-7-12)19(2)10-14-17-13-8-9-21-15(13)16(20)18-14/h3-9,11H,10H2,1-2H3,(H,17,18,20). The molecule has 5 heteroatoms. The average molecular weight is 299 g/mol. The van der Waals surface area contributed by atoms with Crippen LogP contribution in [0.15, 0.2) is 46.6 Å². The summed E-state index contributed by atoms with van der Waals surface area (Å²) in [6.07, 6.45) is 0. The normalized spacial score (nSPS) is 12.9. The molecule has 3 aromatic rings. The first-order chi connectivity index (χ1) is 10.1. The van der Waals surface area contributed by atoms with E-state index in [1.54, 1.807) is 0 Å². The number of rotatable bonds is 4. The van der Waals surface area contributed by atoms with E-state index >= 15 is 0 Å². The summed E-state index contributed by atoms with van der Waals surface area (Å²) >= 11 is 1.42. The van der Waals surface area contributed by atoms with E-state index in [-0.39, 0.29) is 11.6 Å². The van der Waals surface area contributed by atoms with Crippen molar-refractivity contribution in [2.24, 2.45) is 0 Å². The van der Waals surface area contributed by atoms with Crippen molar-refractivity contribution in [2.75, 3.05) is 7.05 Å². The fourth-order valence-corrected chi connectivity index (χ4v) is 3.08. The van der Waals surface area contributed by atoms with Gasteiger partial charge in [0.2, 0.25) is 0 Å². The molecule has 1 aromatic carbocycles. The minimum absolute atomic E-state index is 0.0502. The summed E-state index contributed by atoms with van der Waals surface area (Å²) in [7, 11) is 2.04. The summed E-state index contributed by atoms with van der Waals surface area (Å²) in [6, 6.07) is 12.5. The maximum atomic E-state index is 12.0. The minimum Gasteiger partial charge on any atom is -0.308 e. The molecule has 2 aromatic heterocycles. The van der Waals surface area contributed by atoms with E-state index in [4.69, 9.17) is 0 Å². The Hall–Kier alpha value is -1.98. The van der Waals surface area contributed by atoms with Crippen LogP contribution in [0, 0.1) is 0 Å². The van der Waals surface area contributed by atoms with Gasteiger partial charge in [0.05, 0.1) is 12.1 Å². The summed E-state index contributed by atoms with van der Waals surface area (Å²) in [5, 5.41) is 1.90. The molecule has 1 N–H and O–H groups in total. The SMILES string of the molecule is CC(c1ccccc1)N(C)Cc1nc2ccsc2c(=O)[nH]1. The van der Waals surface area contributed by atoms with Gasteiger partial charge in [0, 0.05) is 6.04 Å². The number of fused-ring (bicyclic) bond motifs is 1. The van der Waals surface area contributed by atoms with Gasteiger partial charge in [-0.3, -0.25) is 9.69 Å². The molecule has 108 valence electrons. The second kappa shape index (κ2) is 5.79. The van der Waals surface area contributed by atoms with Gasteiger partial charge in [-0.25, -0.2) is 4.98 Å². The summed E-state index contributed by atoms with van der Waals surface area (Å²) in [5.41, 5.74) is 1.98. The molecular weight excluding hydrogens is 282 g/mol. The number of nitrogens with zero attached hydrogens (tertiary/aromatic N) is 2. The summed E-state index contributed by atoms with van der Waals surface area (Å²) in [4.78, 5) is 21.6. The van der Waals surface area contributed by atoms with Gasteiger partial charge in [0.1, 0.15) is 10.5 Å². The molecule has 0 fully saturated rings. The highest BCUT2D eigenvalue weighted by Crippen LogP contribution is 2.20. The zero-order valence-electron chi connectivity index (χ0n) is 12.0. The number of aromatic nitrogens is 2. The van der Waals surface area contributed by atoms with Gasteiger partial charge in [-0.05, 0) is 31.0 Å². The topological polar surface area (TPSA) is 49.0 Å². The highest BCUT2D eigenvalue weighted by Gasteiger charge is 2.13. The maximum Gasteiger partial charge on any atom is 0.268 e. The molecule has 0 saturated carbocycles. The Morgan fingerprint density at radius 3 is 2.81 bits per heavy atom. The van der Waals surface area contributed by atoms with E-state index in [0.717, 1.165) is 5.52 Å². The zero-order valence-corrected chi connectivity index (χ0v) is 12.9. The van der Waals surface area contributed by atoms with Crippen LogP contribution in [-0.4, -0.2) is 21.9 Å². The lowest BCUT2D eigenvalue weighted by Gasteiger charge is -2.24. The Morgan fingerprint density at radius 1 is 1.29 bits per heavy atom. The number of benzene rings is 1. The smallest absolute Gasteiger partial charge is 0.268 e. The second-order valence-electron chi connectivity index (χ2n) is 5.15. The van der Waals surface area contributed by atoms with E-state index < -0.39 is 0 Å². The number of thiophene rings is 1. The predicted molar refractivity (Wildman–Crippen MR) is 86.6 cm³/mol. The summed E-state index contributed by atoms with van der Waals surface area (Å²) in [6.45, 7) is 2.76. The molecule has 2 heterocycles. The molecule has 0 bridgehead atoms. The van der Waals surface area contributed by atoms with E-state index in [1.807, 2.05) is 36.7 Å². The zero-order chi connectivity index (χ0) is 14.8. The lowest BCUT2D eigenvalue weighted by Crippen LogP contribution is -2.24. The fraction of sp³-hybridized carbons (Fsp3) is 0.250. The van der Waals surface area contributed by atoms with Gasteiger partial charge in [0.25, 0.3) is 5.56 Å². The molecule has 1 unspecified atom stereocenters. The molecule has 0 saturated heterocycles. The van der Waals surface area contributed by atoms with Crippen LogP contribution in [0.25, 0.3) is 10.2 Å². The molecule has 0 amide bonds. The van der Waals surface area contributed by atoms with Crippen molar-refractivity contribution in [1.29, 1.82) is 0 Å². The number of H-pyrrole nitrogens is 1. The second-order valence-corrected chi connectivity index (χ2v) is 6.07. The van der Waals surface area contributed by atoms with Gasteiger partial charge in [-0.2, -0.15) is 0 Å². The van der Waals surface area contributed by atoms with E-state index in [9.17, 15) is 4.79 Å². The molecular formula is C16H17N3OS. The van der Waals surface area contributed by atoms with Gasteiger partial charge >= 0.3 is 0 Å². The Morgan fingerprint density at radius 2 is 2.05 bits per heavy atom.